The summed E-state index contributed by atoms with van der Waals surface area (Å²) in [6.45, 7) is 1.87. The van der Waals surface area contributed by atoms with Crippen molar-refractivity contribution >= 4 is 46.5 Å². The van der Waals surface area contributed by atoms with Crippen LogP contribution in [0.2, 0.25) is 0 Å². The van der Waals surface area contributed by atoms with Crippen LogP contribution < -0.4 is 28.7 Å². The molecule has 14 N–H and O–H groups in total. The molecule has 0 aliphatic carbocycles. The number of aliphatic hydroxyl groups is 1. The molecule has 15 heteroatoms. The number of esters is 2. The number of H-pyrrole nitrogens is 1. The van der Waals surface area contributed by atoms with Crippen LogP contribution in [0.4, 0.5) is 0 Å². The number of aromatic amines is 1. The number of nitrogens with two attached hydrogens (primary N) is 5. The molecule has 0 amide bonds. The van der Waals surface area contributed by atoms with E-state index in [2.05, 4.69) is 4.98 Å². The highest BCUT2D eigenvalue weighted by molar-refractivity contribution is 7.98. The van der Waals surface area contributed by atoms with Gasteiger partial charge in [-0.3, -0.25) is 9.59 Å². The summed E-state index contributed by atoms with van der Waals surface area (Å²) < 4.78 is 4.80. The molecule has 0 saturated heterocycles. The Morgan fingerprint density at radius 1 is 0.927 bits per heavy atom. The minimum absolute atomic E-state index is 0.276. The average Bonchev–Trinajstić information content (AvgIpc) is 3.34. The van der Waals surface area contributed by atoms with Crippen molar-refractivity contribution in [2.45, 2.75) is 69.3 Å². The number of para-hydroxylation sites is 1. The third-order valence-corrected chi connectivity index (χ3v) is 6.29. The van der Waals surface area contributed by atoms with Gasteiger partial charge in [-0.05, 0) is 56.4 Å². The van der Waals surface area contributed by atoms with Crippen molar-refractivity contribution < 1.29 is 39.2 Å². The molecule has 0 radical (unpaired) electrons. The van der Waals surface area contributed by atoms with E-state index in [9.17, 15) is 19.2 Å². The Balaban J connectivity index is 0.000000773. The SMILES string of the molecule is CSCC[C@H](N)C(=O)O.C[C@@H](O)[C@H](N)C(=O)O.NCCCC[C@H](N)C(=O)OC(=O)[C@@H](N)Cc1c[nH]c2ccccc12. The van der Waals surface area contributed by atoms with Crippen LogP contribution in [0.25, 0.3) is 10.9 Å². The molecule has 2 rings (SSSR count). The predicted molar refractivity (Wildman–Crippen MR) is 158 cm³/mol. The smallest absolute Gasteiger partial charge is 0.330 e. The van der Waals surface area contributed by atoms with Crippen molar-refractivity contribution in [2.75, 3.05) is 18.6 Å². The minimum atomic E-state index is -1.18. The number of aromatic nitrogens is 1. The van der Waals surface area contributed by atoms with Gasteiger partial charge in [-0.2, -0.15) is 11.8 Å². The molecule has 0 saturated carbocycles. The highest BCUT2D eigenvalue weighted by atomic mass is 32.2. The lowest BCUT2D eigenvalue weighted by molar-refractivity contribution is -0.161. The van der Waals surface area contributed by atoms with Crippen molar-refractivity contribution in [1.82, 2.24) is 4.98 Å². The van der Waals surface area contributed by atoms with Gasteiger partial charge in [-0.15, -0.1) is 0 Å². The van der Waals surface area contributed by atoms with E-state index in [1.807, 2.05) is 30.5 Å². The van der Waals surface area contributed by atoms with Gasteiger partial charge in [0.15, 0.2) is 0 Å². The Hall–Kier alpha value is -3.05. The minimum Gasteiger partial charge on any atom is -0.480 e. The Labute approximate surface area is 243 Å². The summed E-state index contributed by atoms with van der Waals surface area (Å²) in [6.07, 6.45) is 5.49. The fraction of sp³-hybridized carbons (Fsp3) is 0.538. The number of carbonyl (C=O) groups excluding carboxylic acids is 2. The molecule has 5 atom stereocenters. The second-order valence-corrected chi connectivity index (χ2v) is 10.1. The van der Waals surface area contributed by atoms with Crippen LogP contribution in [0.3, 0.4) is 0 Å². The lowest BCUT2D eigenvalue weighted by atomic mass is 10.1. The average molecular weight is 601 g/mol. The summed E-state index contributed by atoms with van der Waals surface area (Å²) in [6, 6.07) is 4.11. The summed E-state index contributed by atoms with van der Waals surface area (Å²) in [5.41, 5.74) is 28.9. The Kier molecular flexibility index (Phi) is 19.2. The number of nitrogens with one attached hydrogen (secondary N) is 1. The van der Waals surface area contributed by atoms with Gasteiger partial charge in [0.2, 0.25) is 0 Å². The van der Waals surface area contributed by atoms with Crippen LogP contribution in [0.1, 0.15) is 38.2 Å². The maximum atomic E-state index is 12.0. The highest BCUT2D eigenvalue weighted by Crippen LogP contribution is 2.19. The van der Waals surface area contributed by atoms with Crippen molar-refractivity contribution in [3.63, 3.8) is 0 Å². The van der Waals surface area contributed by atoms with Crippen LogP contribution in [-0.4, -0.2) is 93.0 Å². The molecule has 0 aliphatic rings. The zero-order valence-corrected chi connectivity index (χ0v) is 24.2. The van der Waals surface area contributed by atoms with E-state index in [4.69, 9.17) is 48.7 Å². The van der Waals surface area contributed by atoms with Gasteiger partial charge in [0.1, 0.15) is 24.2 Å². The van der Waals surface area contributed by atoms with Crippen LogP contribution in [0, 0.1) is 0 Å². The molecule has 0 unspecified atom stereocenters. The van der Waals surface area contributed by atoms with Gasteiger partial charge >= 0.3 is 23.9 Å². The summed E-state index contributed by atoms with van der Waals surface area (Å²) in [4.78, 5) is 46.8. The first-order valence-electron chi connectivity index (χ1n) is 12.9. The Bertz CT molecular complexity index is 1080. The maximum absolute atomic E-state index is 12.0. The summed E-state index contributed by atoms with van der Waals surface area (Å²) in [5, 5.41) is 25.8. The maximum Gasteiger partial charge on any atom is 0.330 e. The lowest BCUT2D eigenvalue weighted by Gasteiger charge is -2.13. The number of hydrogen-bond donors (Lipinski definition) is 9. The first-order chi connectivity index (χ1) is 19.3. The zero-order valence-electron chi connectivity index (χ0n) is 23.4. The Morgan fingerprint density at radius 2 is 1.54 bits per heavy atom. The van der Waals surface area contributed by atoms with E-state index in [1.54, 1.807) is 18.0 Å². The molecule has 2 aromatic rings. The summed E-state index contributed by atoms with van der Waals surface area (Å²) >= 11 is 1.60. The fourth-order valence-electron chi connectivity index (χ4n) is 3.07. The molecule has 1 heterocycles. The zero-order chi connectivity index (χ0) is 31.5. The van der Waals surface area contributed by atoms with Crippen LogP contribution >= 0.6 is 11.8 Å². The van der Waals surface area contributed by atoms with Gasteiger partial charge in [-0.25, -0.2) is 9.59 Å². The fourth-order valence-corrected chi connectivity index (χ4v) is 3.56. The Morgan fingerprint density at radius 3 is 2.05 bits per heavy atom. The number of carbonyl (C=O) groups is 4. The second kappa shape index (κ2) is 20.8. The van der Waals surface area contributed by atoms with Crippen LogP contribution in [-0.2, 0) is 30.3 Å². The van der Waals surface area contributed by atoms with E-state index < -0.39 is 54.1 Å². The summed E-state index contributed by atoms with van der Waals surface area (Å²) in [7, 11) is 0. The standard InChI is InChI=1S/C17H24N4O3.C5H11NO2S.C4H9NO3/c18-8-4-3-6-13(19)16(22)24-17(23)14(20)9-11-10-21-15-7-2-1-5-12(11)15;1-9-3-2-4(6)5(7)8;1-2(6)3(5)4(7)8/h1-2,5,7,10,13-14,21H,3-4,6,8-9,18-20H2;4H,2-3,6H2,1H3,(H,7,8);2-3,6H,5H2,1H3,(H,7,8)/t13-,14-;4-;2-,3+/m001/s1. The number of aliphatic carboxylic acids is 2. The van der Waals surface area contributed by atoms with Gasteiger partial charge < -0.3 is 53.7 Å². The lowest BCUT2D eigenvalue weighted by Crippen LogP contribution is -2.40. The number of rotatable bonds is 14. The molecule has 232 valence electrons. The number of unbranched alkanes of at least 4 members (excludes halogenated alkanes) is 1. The molecule has 1 aromatic carbocycles. The third kappa shape index (κ3) is 15.5. The van der Waals surface area contributed by atoms with Gasteiger partial charge in [0.05, 0.1) is 6.10 Å². The van der Waals surface area contributed by atoms with Crippen molar-refractivity contribution in [3.8, 4) is 0 Å². The van der Waals surface area contributed by atoms with Gasteiger partial charge in [0, 0.05) is 23.5 Å². The van der Waals surface area contributed by atoms with Gasteiger partial charge in [-0.1, -0.05) is 24.6 Å². The molecule has 0 spiro atoms. The molecular formula is C26H44N6O8S. The normalized spacial score (nSPS) is 14.2. The van der Waals surface area contributed by atoms with E-state index in [1.165, 1.54) is 6.92 Å². The van der Waals surface area contributed by atoms with Crippen molar-refractivity contribution in [1.29, 1.82) is 0 Å². The monoisotopic (exact) mass is 600 g/mol. The molecule has 0 bridgehead atoms. The largest absolute Gasteiger partial charge is 0.480 e. The molecule has 41 heavy (non-hydrogen) atoms. The first kappa shape index (κ1) is 38.0. The number of aliphatic hydroxyl groups excluding tert-OH is 1. The molecule has 0 fully saturated rings. The number of thioether (sulfide) groups is 1. The molecular weight excluding hydrogens is 556 g/mol. The van der Waals surface area contributed by atoms with E-state index in [0.717, 1.165) is 28.6 Å². The number of benzene rings is 1. The number of carboxylic acid groups (broad SMARTS) is 2. The number of carboxylic acids is 2. The predicted octanol–water partition coefficient (Wildman–Crippen LogP) is -0.506. The number of hydrogen-bond acceptors (Lipinski definition) is 12. The van der Waals surface area contributed by atoms with Gasteiger partial charge in [0.25, 0.3) is 0 Å². The highest BCUT2D eigenvalue weighted by Gasteiger charge is 2.24. The molecule has 1 aromatic heterocycles. The molecule has 0 aliphatic heterocycles. The number of fused-ring (bicyclic) bond motifs is 1. The summed E-state index contributed by atoms with van der Waals surface area (Å²) in [5.74, 6) is -2.79. The van der Waals surface area contributed by atoms with Crippen LogP contribution in [0.15, 0.2) is 30.5 Å². The second-order valence-electron chi connectivity index (χ2n) is 9.13. The van der Waals surface area contributed by atoms with E-state index in [0.29, 0.717) is 25.8 Å². The van der Waals surface area contributed by atoms with Crippen LogP contribution in [0.5, 0.6) is 0 Å². The quantitative estimate of drug-likeness (QED) is 0.0750. The molecule has 14 nitrogen and oxygen atoms in total. The topological polar surface area (TPSA) is 284 Å². The van der Waals surface area contributed by atoms with E-state index in [-0.39, 0.29) is 6.42 Å². The van der Waals surface area contributed by atoms with E-state index >= 15 is 0 Å². The first-order valence-corrected chi connectivity index (χ1v) is 14.3. The van der Waals surface area contributed by atoms with Crippen molar-refractivity contribution in [2.24, 2.45) is 28.7 Å². The van der Waals surface area contributed by atoms with Crippen molar-refractivity contribution in [3.05, 3.63) is 36.0 Å². The number of ether oxygens (including phenoxy) is 1. The third-order valence-electron chi connectivity index (χ3n) is 5.65.